The fourth-order valence-electron chi connectivity index (χ4n) is 2.81. The number of carbonyl (C=O) groups excluding carboxylic acids is 1. The summed E-state index contributed by atoms with van der Waals surface area (Å²) in [5.74, 6) is -10.4. The molecular weight excluding hydrogens is 388 g/mol. The molecule has 0 aromatic heterocycles. The molecule has 0 spiro atoms. The maximum atomic E-state index is 14.1. The quantitative estimate of drug-likeness (QED) is 0.487. The first-order chi connectivity index (χ1) is 12.1. The Morgan fingerprint density at radius 1 is 1.11 bits per heavy atom. The Bertz CT molecular complexity index is 795. The third kappa shape index (κ3) is 3.93. The predicted molar refractivity (Wildman–Crippen MR) is 77.1 cm³/mol. The summed E-state index contributed by atoms with van der Waals surface area (Å²) in [6.07, 6.45) is -9.72. The van der Waals surface area contributed by atoms with Crippen molar-refractivity contribution in [3.8, 4) is 0 Å². The van der Waals surface area contributed by atoms with Crippen LogP contribution < -0.4 is 0 Å². The minimum Gasteiger partial charge on any atom is -0.397 e. The van der Waals surface area contributed by atoms with E-state index in [1.807, 2.05) is 0 Å². The molecule has 1 aromatic rings. The van der Waals surface area contributed by atoms with Gasteiger partial charge in [-0.05, 0) is 36.0 Å². The molecular formula is C17H14F8O2. The maximum absolute atomic E-state index is 14.1. The van der Waals surface area contributed by atoms with E-state index in [1.54, 1.807) is 0 Å². The van der Waals surface area contributed by atoms with Crippen molar-refractivity contribution in [1.82, 2.24) is 0 Å². The van der Waals surface area contributed by atoms with Gasteiger partial charge in [0.05, 0.1) is 5.92 Å². The standard InChI is InChI=1S/C17H14F8O2/c1-7-4-5-8(13(20)12(7)19)17(24,25)27-14(26)11-9(15(11,2)3)6-10(18)16(21,22)23/h4-6,9,11H,1-3H3. The van der Waals surface area contributed by atoms with Gasteiger partial charge in [-0.15, -0.1) is 0 Å². The van der Waals surface area contributed by atoms with E-state index in [9.17, 15) is 39.9 Å². The largest absolute Gasteiger partial charge is 0.442 e. The smallest absolute Gasteiger partial charge is 0.397 e. The van der Waals surface area contributed by atoms with Crippen molar-refractivity contribution in [2.75, 3.05) is 0 Å². The van der Waals surface area contributed by atoms with E-state index in [4.69, 9.17) is 0 Å². The summed E-state index contributed by atoms with van der Waals surface area (Å²) in [5, 5.41) is 0. The van der Waals surface area contributed by atoms with E-state index in [0.717, 1.165) is 13.0 Å². The molecule has 10 heteroatoms. The van der Waals surface area contributed by atoms with Gasteiger partial charge >= 0.3 is 18.3 Å². The van der Waals surface area contributed by atoms with Gasteiger partial charge in [-0.2, -0.15) is 22.0 Å². The molecule has 0 aliphatic heterocycles. The third-order valence-corrected chi connectivity index (χ3v) is 4.58. The summed E-state index contributed by atoms with van der Waals surface area (Å²) >= 11 is 0. The summed E-state index contributed by atoms with van der Waals surface area (Å²) in [6.45, 7) is 3.65. The lowest BCUT2D eigenvalue weighted by Gasteiger charge is -2.18. The van der Waals surface area contributed by atoms with Gasteiger partial charge in [-0.25, -0.2) is 13.2 Å². The molecule has 2 atom stereocenters. The monoisotopic (exact) mass is 402 g/mol. The van der Waals surface area contributed by atoms with E-state index in [-0.39, 0.29) is 11.6 Å². The third-order valence-electron chi connectivity index (χ3n) is 4.58. The Hall–Kier alpha value is -2.13. The number of esters is 1. The van der Waals surface area contributed by atoms with Crippen molar-refractivity contribution in [2.24, 2.45) is 17.3 Å². The average Bonchev–Trinajstić information content (AvgIpc) is 3.04. The zero-order valence-electron chi connectivity index (χ0n) is 14.2. The summed E-state index contributed by atoms with van der Waals surface area (Å²) < 4.78 is 109. The Kier molecular flexibility index (Phi) is 5.09. The van der Waals surface area contributed by atoms with Crippen LogP contribution in [0, 0.1) is 35.8 Å². The lowest BCUT2D eigenvalue weighted by atomic mass is 10.1. The Labute approximate surface area is 148 Å². The minimum atomic E-state index is -5.28. The molecule has 150 valence electrons. The number of alkyl halides is 5. The number of benzene rings is 1. The molecule has 1 fully saturated rings. The average molecular weight is 402 g/mol. The van der Waals surface area contributed by atoms with E-state index in [0.29, 0.717) is 6.07 Å². The van der Waals surface area contributed by atoms with Gasteiger partial charge in [0, 0.05) is 0 Å². The van der Waals surface area contributed by atoms with Crippen LogP contribution in [-0.2, 0) is 15.6 Å². The van der Waals surface area contributed by atoms with E-state index >= 15 is 0 Å². The van der Waals surface area contributed by atoms with Gasteiger partial charge in [0.1, 0.15) is 5.56 Å². The lowest BCUT2D eigenvalue weighted by molar-refractivity contribution is -0.243. The van der Waals surface area contributed by atoms with Crippen LogP contribution in [0.15, 0.2) is 24.0 Å². The number of hydrogen-bond donors (Lipinski definition) is 0. The van der Waals surface area contributed by atoms with Crippen LogP contribution in [0.4, 0.5) is 35.1 Å². The summed E-state index contributed by atoms with van der Waals surface area (Å²) in [5.41, 5.74) is -3.08. The van der Waals surface area contributed by atoms with Crippen LogP contribution in [0.1, 0.15) is 25.0 Å². The minimum absolute atomic E-state index is 0.121. The highest BCUT2D eigenvalue weighted by Crippen LogP contribution is 2.61. The Balaban J connectivity index is 2.23. The van der Waals surface area contributed by atoms with E-state index < -0.39 is 58.5 Å². The molecule has 1 aromatic carbocycles. The highest BCUT2D eigenvalue weighted by Gasteiger charge is 2.63. The molecule has 1 saturated carbocycles. The maximum Gasteiger partial charge on any atom is 0.442 e. The molecule has 2 unspecified atom stereocenters. The second-order valence-electron chi connectivity index (χ2n) is 6.83. The fraction of sp³-hybridized carbons (Fsp3) is 0.471. The number of hydrogen-bond acceptors (Lipinski definition) is 2. The first-order valence-electron chi connectivity index (χ1n) is 7.61. The van der Waals surface area contributed by atoms with Gasteiger partial charge in [-0.3, -0.25) is 4.79 Å². The summed E-state index contributed by atoms with van der Waals surface area (Å²) in [6, 6.07) is 1.38. The van der Waals surface area contributed by atoms with Gasteiger partial charge in [0.2, 0.25) is 0 Å². The molecule has 1 aliphatic rings. The van der Waals surface area contributed by atoms with Crippen molar-refractivity contribution < 1.29 is 44.7 Å². The highest BCUT2D eigenvalue weighted by atomic mass is 19.4. The van der Waals surface area contributed by atoms with Crippen LogP contribution in [0.3, 0.4) is 0 Å². The predicted octanol–water partition coefficient (Wildman–Crippen LogP) is 5.55. The van der Waals surface area contributed by atoms with Crippen molar-refractivity contribution >= 4 is 5.97 Å². The van der Waals surface area contributed by atoms with Gasteiger partial charge in [0.25, 0.3) is 0 Å². The summed E-state index contributed by atoms with van der Waals surface area (Å²) in [4.78, 5) is 12.0. The van der Waals surface area contributed by atoms with Crippen LogP contribution in [0.2, 0.25) is 0 Å². The number of halogens is 8. The Morgan fingerprint density at radius 3 is 2.19 bits per heavy atom. The molecule has 2 rings (SSSR count). The summed E-state index contributed by atoms with van der Waals surface area (Å²) in [7, 11) is 0. The molecule has 0 bridgehead atoms. The topological polar surface area (TPSA) is 26.3 Å². The van der Waals surface area contributed by atoms with Gasteiger partial charge in [0.15, 0.2) is 17.5 Å². The molecule has 27 heavy (non-hydrogen) atoms. The molecule has 0 saturated heterocycles. The van der Waals surface area contributed by atoms with Crippen molar-refractivity contribution in [3.63, 3.8) is 0 Å². The molecule has 0 radical (unpaired) electrons. The SMILES string of the molecule is Cc1ccc(C(F)(F)OC(=O)C2C(C=C(F)C(F)(F)F)C2(C)C)c(F)c1F. The number of rotatable bonds is 4. The van der Waals surface area contributed by atoms with Gasteiger partial charge < -0.3 is 4.74 Å². The fourth-order valence-corrected chi connectivity index (χ4v) is 2.81. The normalized spacial score (nSPS) is 22.6. The number of allylic oxidation sites excluding steroid dienone is 2. The van der Waals surface area contributed by atoms with Crippen LogP contribution >= 0.6 is 0 Å². The number of ether oxygens (including phenoxy) is 1. The second kappa shape index (κ2) is 6.49. The lowest BCUT2D eigenvalue weighted by Crippen LogP contribution is -2.26. The molecule has 2 nitrogen and oxygen atoms in total. The first kappa shape index (κ1) is 21.2. The van der Waals surface area contributed by atoms with Gasteiger partial charge in [-0.1, -0.05) is 19.9 Å². The molecule has 0 heterocycles. The number of carbonyl (C=O) groups is 1. The van der Waals surface area contributed by atoms with E-state index in [2.05, 4.69) is 4.74 Å². The van der Waals surface area contributed by atoms with Crippen molar-refractivity contribution in [2.45, 2.75) is 33.1 Å². The van der Waals surface area contributed by atoms with Crippen molar-refractivity contribution in [1.29, 1.82) is 0 Å². The highest BCUT2D eigenvalue weighted by molar-refractivity contribution is 5.78. The van der Waals surface area contributed by atoms with Crippen LogP contribution in [0.25, 0.3) is 0 Å². The zero-order chi connectivity index (χ0) is 20.9. The molecule has 0 amide bonds. The first-order valence-corrected chi connectivity index (χ1v) is 7.61. The van der Waals surface area contributed by atoms with E-state index in [1.165, 1.54) is 13.8 Å². The van der Waals surface area contributed by atoms with Crippen LogP contribution in [0.5, 0.6) is 0 Å². The van der Waals surface area contributed by atoms with Crippen LogP contribution in [-0.4, -0.2) is 12.1 Å². The second-order valence-corrected chi connectivity index (χ2v) is 6.83. The molecule has 1 aliphatic carbocycles. The Morgan fingerprint density at radius 2 is 1.67 bits per heavy atom. The number of aryl methyl sites for hydroxylation is 1. The van der Waals surface area contributed by atoms with Crippen molar-refractivity contribution in [3.05, 3.63) is 46.8 Å². The zero-order valence-corrected chi connectivity index (χ0v) is 14.2. The molecule has 0 N–H and O–H groups in total.